The first-order valence-electron chi connectivity index (χ1n) is 7.85. The number of aliphatic hydroxyl groups is 1. The summed E-state index contributed by atoms with van der Waals surface area (Å²) in [4.78, 5) is 2.48. The second-order valence-corrected chi connectivity index (χ2v) is 5.80. The van der Waals surface area contributed by atoms with Crippen LogP contribution in [0.1, 0.15) is 46.5 Å². The van der Waals surface area contributed by atoms with Crippen LogP contribution in [0.3, 0.4) is 0 Å². The fraction of sp³-hybridized carbons (Fsp3) is 1.00. The predicted molar refractivity (Wildman–Crippen MR) is 79.5 cm³/mol. The Bertz CT molecular complexity index is 232. The molecular formula is C15H32N2O2. The van der Waals surface area contributed by atoms with E-state index in [1.165, 1.54) is 0 Å². The number of aliphatic hydroxyl groups excluding tert-OH is 1. The molecule has 1 saturated heterocycles. The lowest BCUT2D eigenvalue weighted by Crippen LogP contribution is -2.49. The first-order valence-corrected chi connectivity index (χ1v) is 7.85. The van der Waals surface area contributed by atoms with Crippen molar-refractivity contribution in [1.82, 2.24) is 10.2 Å². The summed E-state index contributed by atoms with van der Waals surface area (Å²) in [5.41, 5.74) is -0.0755. The number of ether oxygens (including phenoxy) is 1. The molecule has 4 nitrogen and oxygen atoms in total. The smallest absolute Gasteiger partial charge is 0.0674 e. The molecule has 0 aromatic heterocycles. The second kappa shape index (κ2) is 8.90. The molecule has 1 fully saturated rings. The van der Waals surface area contributed by atoms with Crippen molar-refractivity contribution in [2.75, 3.05) is 39.4 Å². The average Bonchev–Trinajstić information content (AvgIpc) is 2.43. The summed E-state index contributed by atoms with van der Waals surface area (Å²) < 4.78 is 5.56. The number of nitrogens with zero attached hydrogens (tertiary/aromatic N) is 1. The Morgan fingerprint density at radius 1 is 1.42 bits per heavy atom. The van der Waals surface area contributed by atoms with Crippen molar-refractivity contribution in [2.24, 2.45) is 0 Å². The minimum atomic E-state index is -0.0755. The van der Waals surface area contributed by atoms with E-state index in [-0.39, 0.29) is 12.1 Å². The molecule has 0 aromatic carbocycles. The summed E-state index contributed by atoms with van der Waals surface area (Å²) in [7, 11) is 0. The van der Waals surface area contributed by atoms with Gasteiger partial charge in [0, 0.05) is 18.6 Å². The van der Waals surface area contributed by atoms with Crippen molar-refractivity contribution in [3.8, 4) is 0 Å². The molecule has 1 aliphatic rings. The Balaban J connectivity index is 2.30. The van der Waals surface area contributed by atoms with Crippen LogP contribution in [0, 0.1) is 0 Å². The number of hydrogen-bond acceptors (Lipinski definition) is 4. The SMILES string of the molecule is CCCNC(CC)(CO)CCCN1CCOC(C)C1. The van der Waals surface area contributed by atoms with E-state index in [2.05, 4.69) is 31.0 Å². The second-order valence-electron chi connectivity index (χ2n) is 5.80. The highest BCUT2D eigenvalue weighted by Crippen LogP contribution is 2.18. The highest BCUT2D eigenvalue weighted by atomic mass is 16.5. The van der Waals surface area contributed by atoms with Gasteiger partial charge in [-0.25, -0.2) is 0 Å². The third-order valence-electron chi connectivity index (χ3n) is 4.18. The van der Waals surface area contributed by atoms with Gasteiger partial charge in [-0.15, -0.1) is 0 Å². The van der Waals surface area contributed by atoms with Gasteiger partial charge in [-0.2, -0.15) is 0 Å². The topological polar surface area (TPSA) is 44.7 Å². The standard InChI is InChI=1S/C15H32N2O2/c1-4-8-16-15(5-2,13-18)7-6-9-17-10-11-19-14(3)12-17/h14,16,18H,4-13H2,1-3H3. The van der Waals surface area contributed by atoms with E-state index in [4.69, 9.17) is 4.74 Å². The number of hydrogen-bond donors (Lipinski definition) is 2. The highest BCUT2D eigenvalue weighted by Gasteiger charge is 2.26. The van der Waals surface area contributed by atoms with Gasteiger partial charge >= 0.3 is 0 Å². The van der Waals surface area contributed by atoms with Crippen LogP contribution < -0.4 is 5.32 Å². The van der Waals surface area contributed by atoms with Gasteiger partial charge in [-0.1, -0.05) is 13.8 Å². The molecule has 0 amide bonds. The first kappa shape index (κ1) is 16.9. The van der Waals surface area contributed by atoms with E-state index < -0.39 is 0 Å². The average molecular weight is 272 g/mol. The predicted octanol–water partition coefficient (Wildman–Crippen LogP) is 1.63. The highest BCUT2D eigenvalue weighted by molar-refractivity contribution is 4.86. The lowest BCUT2D eigenvalue weighted by Gasteiger charge is -2.35. The van der Waals surface area contributed by atoms with Crippen molar-refractivity contribution < 1.29 is 9.84 Å². The lowest BCUT2D eigenvalue weighted by atomic mass is 9.91. The molecule has 1 aliphatic heterocycles. The molecule has 0 bridgehead atoms. The Morgan fingerprint density at radius 2 is 2.21 bits per heavy atom. The monoisotopic (exact) mass is 272 g/mol. The normalized spacial score (nSPS) is 24.3. The van der Waals surface area contributed by atoms with Gasteiger partial charge < -0.3 is 15.2 Å². The van der Waals surface area contributed by atoms with Crippen LogP contribution in [0.5, 0.6) is 0 Å². The molecule has 2 unspecified atom stereocenters. The number of rotatable bonds is 9. The van der Waals surface area contributed by atoms with Crippen LogP contribution >= 0.6 is 0 Å². The molecule has 1 heterocycles. The van der Waals surface area contributed by atoms with Gasteiger partial charge in [0.2, 0.25) is 0 Å². The zero-order valence-corrected chi connectivity index (χ0v) is 13.0. The molecule has 0 radical (unpaired) electrons. The summed E-state index contributed by atoms with van der Waals surface area (Å²) in [6.45, 7) is 11.8. The minimum Gasteiger partial charge on any atom is -0.394 e. The van der Waals surface area contributed by atoms with Crippen LogP contribution in [-0.2, 0) is 4.74 Å². The molecule has 0 aromatic rings. The van der Waals surface area contributed by atoms with Crippen LogP contribution in [0.2, 0.25) is 0 Å². The van der Waals surface area contributed by atoms with Gasteiger partial charge in [-0.05, 0) is 45.7 Å². The Hall–Kier alpha value is -0.160. The summed E-state index contributed by atoms with van der Waals surface area (Å²) in [6, 6.07) is 0. The molecule has 0 aliphatic carbocycles. The molecule has 0 spiro atoms. The maximum Gasteiger partial charge on any atom is 0.0674 e. The molecule has 2 atom stereocenters. The van der Waals surface area contributed by atoms with E-state index in [1.54, 1.807) is 0 Å². The van der Waals surface area contributed by atoms with Gasteiger partial charge in [0.25, 0.3) is 0 Å². The van der Waals surface area contributed by atoms with Gasteiger partial charge in [0.15, 0.2) is 0 Å². The Labute approximate surface area is 118 Å². The lowest BCUT2D eigenvalue weighted by molar-refractivity contribution is -0.0195. The fourth-order valence-electron chi connectivity index (χ4n) is 2.76. The molecule has 2 N–H and O–H groups in total. The van der Waals surface area contributed by atoms with Gasteiger partial charge in [-0.3, -0.25) is 4.90 Å². The third kappa shape index (κ3) is 5.78. The van der Waals surface area contributed by atoms with E-state index in [0.29, 0.717) is 6.10 Å². The molecule has 4 heteroatoms. The van der Waals surface area contributed by atoms with Crippen molar-refractivity contribution in [3.05, 3.63) is 0 Å². The summed E-state index contributed by atoms with van der Waals surface area (Å²) in [5, 5.41) is 13.2. The van der Waals surface area contributed by atoms with E-state index in [0.717, 1.165) is 58.5 Å². The maximum absolute atomic E-state index is 9.69. The van der Waals surface area contributed by atoms with Crippen molar-refractivity contribution >= 4 is 0 Å². The van der Waals surface area contributed by atoms with Crippen LogP contribution in [-0.4, -0.2) is 61.0 Å². The molecule has 1 rings (SSSR count). The summed E-state index contributed by atoms with van der Waals surface area (Å²) >= 11 is 0. The minimum absolute atomic E-state index is 0.0755. The van der Waals surface area contributed by atoms with Crippen LogP contribution in [0.25, 0.3) is 0 Å². The Morgan fingerprint density at radius 3 is 2.79 bits per heavy atom. The summed E-state index contributed by atoms with van der Waals surface area (Å²) in [5.74, 6) is 0. The largest absolute Gasteiger partial charge is 0.394 e. The molecular weight excluding hydrogens is 240 g/mol. The first-order chi connectivity index (χ1) is 9.15. The zero-order chi connectivity index (χ0) is 14.1. The van der Waals surface area contributed by atoms with Gasteiger partial charge in [0.05, 0.1) is 19.3 Å². The summed E-state index contributed by atoms with van der Waals surface area (Å²) in [6.07, 6.45) is 4.65. The maximum atomic E-state index is 9.69. The zero-order valence-electron chi connectivity index (χ0n) is 13.0. The van der Waals surface area contributed by atoms with Crippen molar-refractivity contribution in [3.63, 3.8) is 0 Å². The quantitative estimate of drug-likeness (QED) is 0.669. The van der Waals surface area contributed by atoms with Crippen LogP contribution in [0.4, 0.5) is 0 Å². The van der Waals surface area contributed by atoms with E-state index in [1.807, 2.05) is 0 Å². The molecule has 19 heavy (non-hydrogen) atoms. The van der Waals surface area contributed by atoms with Crippen molar-refractivity contribution in [2.45, 2.75) is 58.1 Å². The molecule has 114 valence electrons. The fourth-order valence-corrected chi connectivity index (χ4v) is 2.76. The Kier molecular flexibility index (Phi) is 7.91. The number of morpholine rings is 1. The third-order valence-corrected chi connectivity index (χ3v) is 4.18. The number of nitrogens with one attached hydrogen (secondary N) is 1. The van der Waals surface area contributed by atoms with Gasteiger partial charge in [0.1, 0.15) is 0 Å². The van der Waals surface area contributed by atoms with E-state index >= 15 is 0 Å². The molecule has 0 saturated carbocycles. The van der Waals surface area contributed by atoms with E-state index in [9.17, 15) is 5.11 Å². The van der Waals surface area contributed by atoms with Crippen molar-refractivity contribution in [1.29, 1.82) is 0 Å². The van der Waals surface area contributed by atoms with Crippen LogP contribution in [0.15, 0.2) is 0 Å².